The summed E-state index contributed by atoms with van der Waals surface area (Å²) in [6.07, 6.45) is -3.40. The van der Waals surface area contributed by atoms with E-state index in [1.807, 2.05) is 7.05 Å². The van der Waals surface area contributed by atoms with E-state index in [-0.39, 0.29) is 23.7 Å². The Hall–Kier alpha value is -2.07. The summed E-state index contributed by atoms with van der Waals surface area (Å²) in [5.41, 5.74) is 0.915. The molecule has 1 saturated heterocycles. The number of likely N-dealkylation sites (N-methyl/N-ethyl adjacent to an activating group) is 1. The zero-order chi connectivity index (χ0) is 20.8. The highest BCUT2D eigenvalue weighted by Gasteiger charge is 2.47. The van der Waals surface area contributed by atoms with Crippen LogP contribution in [0, 0.1) is 0 Å². The van der Waals surface area contributed by atoms with E-state index in [4.69, 9.17) is 0 Å². The average molecular weight is 472 g/mol. The summed E-state index contributed by atoms with van der Waals surface area (Å²) in [6.45, 7) is 2.54. The van der Waals surface area contributed by atoms with E-state index in [0.29, 0.717) is 13.1 Å². The van der Waals surface area contributed by atoms with Crippen molar-refractivity contribution < 1.29 is 18.0 Å². The molecule has 2 aliphatic rings. The predicted molar refractivity (Wildman–Crippen MR) is 106 cm³/mol. The topological polar surface area (TPSA) is 53.4 Å². The van der Waals surface area contributed by atoms with Crippen molar-refractivity contribution in [3.05, 3.63) is 46.1 Å². The summed E-state index contributed by atoms with van der Waals surface area (Å²) < 4.78 is 43.1. The van der Waals surface area contributed by atoms with E-state index in [9.17, 15) is 18.0 Å². The van der Waals surface area contributed by atoms with Gasteiger partial charge in [-0.3, -0.25) is 4.79 Å². The zero-order valence-corrected chi connectivity index (χ0v) is 17.4. The van der Waals surface area contributed by atoms with Crippen molar-refractivity contribution >= 4 is 27.7 Å². The maximum absolute atomic E-state index is 13.8. The van der Waals surface area contributed by atoms with Gasteiger partial charge in [0.2, 0.25) is 0 Å². The van der Waals surface area contributed by atoms with E-state index >= 15 is 0 Å². The number of nitrogens with one attached hydrogen (secondary N) is 1. The van der Waals surface area contributed by atoms with Crippen LogP contribution in [0.2, 0.25) is 0 Å². The number of piperazine rings is 1. The summed E-state index contributed by atoms with van der Waals surface area (Å²) in [5, 5.41) is 7.09. The fourth-order valence-electron chi connectivity index (χ4n) is 3.81. The molecule has 6 nitrogen and oxygen atoms in total. The molecule has 2 unspecified atom stereocenters. The lowest BCUT2D eigenvalue weighted by Crippen LogP contribution is -2.47. The fourth-order valence-corrected chi connectivity index (χ4v) is 4.08. The lowest BCUT2D eigenvalue weighted by Gasteiger charge is -2.35. The number of anilines is 1. The second kappa shape index (κ2) is 7.64. The molecule has 2 aliphatic heterocycles. The van der Waals surface area contributed by atoms with Crippen molar-refractivity contribution in [2.24, 2.45) is 0 Å². The number of halogens is 4. The van der Waals surface area contributed by atoms with Crippen LogP contribution in [-0.2, 0) is 0 Å². The van der Waals surface area contributed by atoms with Crippen molar-refractivity contribution in [1.82, 2.24) is 19.6 Å². The predicted octanol–water partition coefficient (Wildman–Crippen LogP) is 3.69. The minimum Gasteiger partial charge on any atom is -0.363 e. The molecule has 0 saturated carbocycles. The summed E-state index contributed by atoms with van der Waals surface area (Å²) in [4.78, 5) is 16.8. The number of aromatic nitrogens is 2. The Balaban J connectivity index is 1.68. The molecule has 29 heavy (non-hydrogen) atoms. The van der Waals surface area contributed by atoms with Gasteiger partial charge in [-0.1, -0.05) is 28.1 Å². The second-order valence-corrected chi connectivity index (χ2v) is 8.40. The third-order valence-electron chi connectivity index (χ3n) is 5.53. The minimum atomic E-state index is -4.47. The highest BCUT2D eigenvalue weighted by Crippen LogP contribution is 2.44. The van der Waals surface area contributed by atoms with Crippen LogP contribution in [0.1, 0.15) is 34.4 Å². The molecule has 2 aromatic rings. The van der Waals surface area contributed by atoms with Crippen LogP contribution in [0.15, 0.2) is 34.9 Å². The molecule has 0 spiro atoms. The number of amides is 1. The van der Waals surface area contributed by atoms with Gasteiger partial charge >= 0.3 is 6.18 Å². The molecule has 10 heteroatoms. The number of nitrogens with zero attached hydrogens (tertiary/aromatic N) is 4. The van der Waals surface area contributed by atoms with Crippen molar-refractivity contribution in [3.63, 3.8) is 0 Å². The number of fused-ring (bicyclic) bond motifs is 1. The van der Waals surface area contributed by atoms with Gasteiger partial charge in [0.05, 0.1) is 12.2 Å². The molecule has 1 aromatic heterocycles. The van der Waals surface area contributed by atoms with Gasteiger partial charge in [0.15, 0.2) is 6.04 Å². The first-order valence-electron chi connectivity index (χ1n) is 9.38. The zero-order valence-electron chi connectivity index (χ0n) is 15.8. The molecule has 1 amide bonds. The molecule has 3 heterocycles. The van der Waals surface area contributed by atoms with Crippen LogP contribution in [0.4, 0.5) is 19.0 Å². The van der Waals surface area contributed by atoms with Gasteiger partial charge in [-0.2, -0.15) is 18.3 Å². The van der Waals surface area contributed by atoms with Crippen LogP contribution in [0.25, 0.3) is 0 Å². The van der Waals surface area contributed by atoms with Crippen molar-refractivity contribution in [1.29, 1.82) is 0 Å². The first kappa shape index (κ1) is 20.2. The SMILES string of the molecule is CN1CCN(C(=O)c2cnn3c2NC(c2ccc(Br)cc2)CC3C(F)(F)F)CC1. The van der Waals surface area contributed by atoms with Crippen molar-refractivity contribution in [3.8, 4) is 0 Å². The first-order valence-corrected chi connectivity index (χ1v) is 10.2. The Morgan fingerprint density at radius 3 is 2.45 bits per heavy atom. The molecule has 2 atom stereocenters. The van der Waals surface area contributed by atoms with Crippen LogP contribution < -0.4 is 5.32 Å². The lowest BCUT2D eigenvalue weighted by atomic mass is 9.96. The van der Waals surface area contributed by atoms with Gasteiger partial charge < -0.3 is 15.1 Å². The van der Waals surface area contributed by atoms with Crippen LogP contribution in [0.5, 0.6) is 0 Å². The Morgan fingerprint density at radius 2 is 1.83 bits per heavy atom. The average Bonchev–Trinajstić information content (AvgIpc) is 3.11. The maximum atomic E-state index is 13.8. The third-order valence-corrected chi connectivity index (χ3v) is 6.06. The van der Waals surface area contributed by atoms with Gasteiger partial charge in [-0.05, 0) is 24.7 Å². The largest absolute Gasteiger partial charge is 0.410 e. The molecule has 0 aliphatic carbocycles. The molecule has 4 rings (SSSR count). The molecule has 0 bridgehead atoms. The third kappa shape index (κ3) is 4.00. The maximum Gasteiger partial charge on any atom is 0.410 e. The van der Waals surface area contributed by atoms with Crippen LogP contribution >= 0.6 is 15.9 Å². The smallest absolute Gasteiger partial charge is 0.363 e. The van der Waals surface area contributed by atoms with E-state index in [0.717, 1.165) is 27.8 Å². The Morgan fingerprint density at radius 1 is 1.17 bits per heavy atom. The molecule has 1 fully saturated rings. The Kier molecular flexibility index (Phi) is 5.32. The molecule has 156 valence electrons. The molecule has 1 aromatic carbocycles. The highest BCUT2D eigenvalue weighted by molar-refractivity contribution is 9.10. The summed E-state index contributed by atoms with van der Waals surface area (Å²) in [7, 11) is 1.97. The number of alkyl halides is 3. The van der Waals surface area contributed by atoms with Crippen LogP contribution in [-0.4, -0.2) is 64.9 Å². The van der Waals surface area contributed by atoms with Gasteiger partial charge in [0.1, 0.15) is 11.4 Å². The monoisotopic (exact) mass is 471 g/mol. The molecular weight excluding hydrogens is 451 g/mol. The quantitative estimate of drug-likeness (QED) is 0.725. The van der Waals surface area contributed by atoms with Gasteiger partial charge in [-0.15, -0.1) is 0 Å². The van der Waals surface area contributed by atoms with Crippen molar-refractivity contribution in [2.45, 2.75) is 24.7 Å². The normalized spacial score (nSPS) is 22.9. The number of hydrogen-bond acceptors (Lipinski definition) is 4. The summed E-state index contributed by atoms with van der Waals surface area (Å²) >= 11 is 3.34. The number of carbonyl (C=O) groups is 1. The van der Waals surface area contributed by atoms with E-state index in [2.05, 4.69) is 31.2 Å². The second-order valence-electron chi connectivity index (χ2n) is 7.49. The standard InChI is InChI=1S/C19H21BrF3N5O/c1-26-6-8-27(9-7-26)18(29)14-11-24-28-16(19(21,22)23)10-15(25-17(14)28)12-2-4-13(20)5-3-12/h2-5,11,15-16,25H,6-10H2,1H3. The number of carbonyl (C=O) groups excluding carboxylic acids is 1. The number of hydrogen-bond donors (Lipinski definition) is 1. The summed E-state index contributed by atoms with van der Waals surface area (Å²) in [5.74, 6) is -0.153. The van der Waals surface area contributed by atoms with E-state index < -0.39 is 18.3 Å². The summed E-state index contributed by atoms with van der Waals surface area (Å²) in [6, 6.07) is 4.79. The van der Waals surface area contributed by atoms with E-state index in [1.165, 1.54) is 6.20 Å². The van der Waals surface area contributed by atoms with Gasteiger partial charge in [0, 0.05) is 37.1 Å². The van der Waals surface area contributed by atoms with Gasteiger partial charge in [-0.25, -0.2) is 4.68 Å². The lowest BCUT2D eigenvalue weighted by molar-refractivity contribution is -0.173. The van der Waals surface area contributed by atoms with E-state index in [1.54, 1.807) is 29.2 Å². The fraction of sp³-hybridized carbons (Fsp3) is 0.474. The van der Waals surface area contributed by atoms with Crippen LogP contribution in [0.3, 0.4) is 0 Å². The Labute approximate surface area is 174 Å². The molecule has 1 N–H and O–H groups in total. The van der Waals surface area contributed by atoms with Gasteiger partial charge in [0.25, 0.3) is 5.91 Å². The number of rotatable bonds is 2. The first-order chi connectivity index (χ1) is 13.7. The molecule has 0 radical (unpaired) electrons. The Bertz CT molecular complexity index is 890. The highest BCUT2D eigenvalue weighted by atomic mass is 79.9. The molecular formula is C19H21BrF3N5O. The minimum absolute atomic E-state index is 0.135. The number of benzene rings is 1. The van der Waals surface area contributed by atoms with Crippen molar-refractivity contribution in [2.75, 3.05) is 38.5 Å².